The van der Waals surface area contributed by atoms with Gasteiger partial charge in [0.25, 0.3) is 0 Å². The molecular weight excluding hydrogens is 384 g/mol. The van der Waals surface area contributed by atoms with Gasteiger partial charge >= 0.3 is 0 Å². The molecule has 0 saturated heterocycles. The Morgan fingerprint density at radius 2 is 1.10 bits per heavy atom. The smallest absolute Gasteiger partial charge is 0.0586 e. The summed E-state index contributed by atoms with van der Waals surface area (Å²) in [5, 5.41) is 0. The van der Waals surface area contributed by atoms with Crippen LogP contribution >= 0.6 is 10.0 Å². The van der Waals surface area contributed by atoms with E-state index in [0.29, 0.717) is 0 Å². The van der Waals surface area contributed by atoms with Gasteiger partial charge in [0, 0.05) is 27.9 Å². The minimum atomic E-state index is -1.17. The molecule has 158 valence electrons. The highest BCUT2D eigenvalue weighted by Crippen LogP contribution is 2.68. The SMILES string of the molecule is CC(C)(C)c1ccc2c(c1)S(C)(C)c1cc(C(C)(C)C)ccc1N2c1ccncc1. The molecule has 2 heterocycles. The lowest BCUT2D eigenvalue weighted by atomic mass is 9.86. The third kappa shape index (κ3) is 3.43. The van der Waals surface area contributed by atoms with Gasteiger partial charge in [-0.3, -0.25) is 4.98 Å². The van der Waals surface area contributed by atoms with Crippen molar-refractivity contribution in [2.75, 3.05) is 17.4 Å². The molecule has 0 saturated carbocycles. The largest absolute Gasteiger partial charge is 0.308 e. The Bertz CT molecular complexity index is 1020. The van der Waals surface area contributed by atoms with E-state index < -0.39 is 10.0 Å². The van der Waals surface area contributed by atoms with Crippen molar-refractivity contribution in [3.05, 3.63) is 72.1 Å². The first-order chi connectivity index (χ1) is 13.9. The normalized spacial score (nSPS) is 16.6. The molecule has 0 N–H and O–H groups in total. The fourth-order valence-corrected chi connectivity index (χ4v) is 6.61. The molecule has 0 unspecified atom stereocenters. The van der Waals surface area contributed by atoms with Gasteiger partial charge in [-0.25, -0.2) is 0 Å². The molecule has 0 spiro atoms. The van der Waals surface area contributed by atoms with Gasteiger partial charge < -0.3 is 4.90 Å². The average Bonchev–Trinajstić information content (AvgIpc) is 2.67. The predicted octanol–water partition coefficient (Wildman–Crippen LogP) is 7.94. The van der Waals surface area contributed by atoms with E-state index in [1.165, 1.54) is 32.3 Å². The molecule has 3 aromatic rings. The maximum atomic E-state index is 4.25. The van der Waals surface area contributed by atoms with E-state index in [1.54, 1.807) is 0 Å². The highest BCUT2D eigenvalue weighted by molar-refractivity contribution is 8.33. The van der Waals surface area contributed by atoms with Gasteiger partial charge in [-0.05, 0) is 70.9 Å². The molecule has 1 aliphatic rings. The minimum Gasteiger partial charge on any atom is -0.308 e. The van der Waals surface area contributed by atoms with E-state index in [1.807, 2.05) is 12.4 Å². The van der Waals surface area contributed by atoms with E-state index in [9.17, 15) is 0 Å². The third-order valence-corrected chi connectivity index (χ3v) is 9.01. The van der Waals surface area contributed by atoms with Gasteiger partial charge in [0.15, 0.2) is 0 Å². The predicted molar refractivity (Wildman–Crippen MR) is 132 cm³/mol. The van der Waals surface area contributed by atoms with E-state index >= 15 is 0 Å². The zero-order valence-corrected chi connectivity index (χ0v) is 20.4. The van der Waals surface area contributed by atoms with Crippen molar-refractivity contribution in [2.45, 2.75) is 62.2 Å². The van der Waals surface area contributed by atoms with Crippen LogP contribution in [0.5, 0.6) is 0 Å². The van der Waals surface area contributed by atoms with Crippen molar-refractivity contribution in [2.24, 2.45) is 0 Å². The van der Waals surface area contributed by atoms with Crippen molar-refractivity contribution < 1.29 is 0 Å². The Hall–Kier alpha value is -2.26. The van der Waals surface area contributed by atoms with Crippen LogP contribution in [-0.4, -0.2) is 17.5 Å². The molecule has 0 radical (unpaired) electrons. The fraction of sp³-hybridized carbons (Fsp3) is 0.370. The van der Waals surface area contributed by atoms with E-state index in [0.717, 1.165) is 5.69 Å². The quantitative estimate of drug-likeness (QED) is 0.399. The van der Waals surface area contributed by atoms with Crippen LogP contribution in [0.2, 0.25) is 0 Å². The van der Waals surface area contributed by atoms with Crippen LogP contribution in [0.15, 0.2) is 70.7 Å². The molecule has 2 nitrogen and oxygen atoms in total. The summed E-state index contributed by atoms with van der Waals surface area (Å²) in [6.07, 6.45) is 8.67. The first-order valence-corrected chi connectivity index (χ1v) is 13.1. The third-order valence-electron chi connectivity index (χ3n) is 6.15. The number of aromatic nitrogens is 1. The summed E-state index contributed by atoms with van der Waals surface area (Å²) in [6, 6.07) is 18.4. The van der Waals surface area contributed by atoms with Gasteiger partial charge in [-0.1, -0.05) is 53.7 Å². The number of hydrogen-bond acceptors (Lipinski definition) is 2. The van der Waals surface area contributed by atoms with Gasteiger partial charge in [-0.15, -0.1) is 0 Å². The first-order valence-electron chi connectivity index (χ1n) is 10.6. The molecule has 2 aromatic carbocycles. The molecule has 0 bridgehead atoms. The zero-order chi connectivity index (χ0) is 21.9. The molecule has 4 rings (SSSR count). The molecule has 0 amide bonds. The van der Waals surface area contributed by atoms with Crippen LogP contribution in [0.4, 0.5) is 17.1 Å². The number of benzene rings is 2. The number of fused-ring (bicyclic) bond motifs is 2. The van der Waals surface area contributed by atoms with Gasteiger partial charge in [0.1, 0.15) is 0 Å². The Balaban J connectivity index is 2.03. The average molecular weight is 419 g/mol. The van der Waals surface area contributed by atoms with Crippen molar-refractivity contribution in [1.29, 1.82) is 0 Å². The molecule has 1 aromatic heterocycles. The number of hydrogen-bond donors (Lipinski definition) is 0. The summed E-state index contributed by atoms with van der Waals surface area (Å²) < 4.78 is 0. The molecule has 3 heteroatoms. The highest BCUT2D eigenvalue weighted by atomic mass is 32.3. The van der Waals surface area contributed by atoms with E-state index in [2.05, 4.69) is 112 Å². The van der Waals surface area contributed by atoms with E-state index in [4.69, 9.17) is 0 Å². The van der Waals surface area contributed by atoms with Gasteiger partial charge in [-0.2, -0.15) is 10.0 Å². The zero-order valence-electron chi connectivity index (χ0n) is 19.6. The van der Waals surface area contributed by atoms with Crippen LogP contribution < -0.4 is 4.90 Å². The number of nitrogens with zero attached hydrogens (tertiary/aromatic N) is 2. The van der Waals surface area contributed by atoms with E-state index in [-0.39, 0.29) is 10.8 Å². The number of anilines is 3. The highest BCUT2D eigenvalue weighted by Gasteiger charge is 2.35. The van der Waals surface area contributed by atoms with Crippen molar-refractivity contribution >= 4 is 27.1 Å². The second-order valence-corrected chi connectivity index (χ2v) is 14.3. The summed E-state index contributed by atoms with van der Waals surface area (Å²) in [4.78, 5) is 9.60. The lowest BCUT2D eigenvalue weighted by Gasteiger charge is -2.46. The van der Waals surface area contributed by atoms with Crippen molar-refractivity contribution in [3.63, 3.8) is 0 Å². The van der Waals surface area contributed by atoms with Crippen LogP contribution in [0.25, 0.3) is 0 Å². The molecular formula is C27H34N2S. The number of rotatable bonds is 1. The fourth-order valence-electron chi connectivity index (χ4n) is 4.17. The summed E-state index contributed by atoms with van der Waals surface area (Å²) in [5.74, 6) is 0. The van der Waals surface area contributed by atoms with Crippen molar-refractivity contribution in [3.8, 4) is 0 Å². The Morgan fingerprint density at radius 1 is 0.667 bits per heavy atom. The lowest BCUT2D eigenvalue weighted by molar-refractivity contribution is 0.588. The molecule has 1 aliphatic heterocycles. The first kappa shape index (κ1) is 21.0. The topological polar surface area (TPSA) is 16.1 Å². The Kier molecular flexibility index (Phi) is 4.81. The lowest BCUT2D eigenvalue weighted by Crippen LogP contribution is -2.22. The monoisotopic (exact) mass is 418 g/mol. The molecule has 0 atom stereocenters. The maximum absolute atomic E-state index is 4.25. The second-order valence-electron chi connectivity index (χ2n) is 10.7. The van der Waals surface area contributed by atoms with Crippen molar-refractivity contribution in [1.82, 2.24) is 4.98 Å². The van der Waals surface area contributed by atoms with Gasteiger partial charge in [0.2, 0.25) is 0 Å². The summed E-state index contributed by atoms with van der Waals surface area (Å²) >= 11 is 0. The van der Waals surface area contributed by atoms with Crippen LogP contribution in [-0.2, 0) is 10.8 Å². The summed E-state index contributed by atoms with van der Waals surface area (Å²) in [6.45, 7) is 13.8. The minimum absolute atomic E-state index is 0.125. The standard InChI is InChI=1S/C27H34N2S/c1-26(2,3)19-9-11-22-24(17-19)30(7,8)25-18-20(27(4,5)6)10-12-23(25)29(22)21-13-15-28-16-14-21/h9-18H,1-8H3. The second kappa shape index (κ2) is 6.88. The molecule has 0 aliphatic carbocycles. The molecule has 30 heavy (non-hydrogen) atoms. The molecule has 0 fully saturated rings. The summed E-state index contributed by atoms with van der Waals surface area (Å²) in [5.41, 5.74) is 6.79. The Morgan fingerprint density at radius 3 is 1.50 bits per heavy atom. The maximum Gasteiger partial charge on any atom is 0.0586 e. The summed E-state index contributed by atoms with van der Waals surface area (Å²) in [7, 11) is -1.17. The van der Waals surface area contributed by atoms with Crippen LogP contribution in [0, 0.1) is 0 Å². The van der Waals surface area contributed by atoms with Crippen LogP contribution in [0.3, 0.4) is 0 Å². The Labute approximate surface area is 183 Å². The van der Waals surface area contributed by atoms with Crippen LogP contribution in [0.1, 0.15) is 52.7 Å². The number of pyridine rings is 1. The van der Waals surface area contributed by atoms with Gasteiger partial charge in [0.05, 0.1) is 11.4 Å².